The van der Waals surface area contributed by atoms with Crippen molar-refractivity contribution in [1.29, 1.82) is 5.26 Å². The van der Waals surface area contributed by atoms with E-state index in [0.717, 1.165) is 5.56 Å². The van der Waals surface area contributed by atoms with E-state index >= 15 is 0 Å². The van der Waals surface area contributed by atoms with E-state index in [9.17, 15) is 18.0 Å². The van der Waals surface area contributed by atoms with E-state index < -0.39 is 12.3 Å². The lowest BCUT2D eigenvalue weighted by Crippen LogP contribution is -2.33. The zero-order valence-corrected chi connectivity index (χ0v) is 21.7. The van der Waals surface area contributed by atoms with Crippen LogP contribution in [0.2, 0.25) is 10.0 Å². The number of hydrogen-bond donors (Lipinski definition) is 1. The Bertz CT molecular complexity index is 1340. The van der Waals surface area contributed by atoms with Crippen LogP contribution in [-0.4, -0.2) is 30.3 Å². The fourth-order valence-corrected chi connectivity index (χ4v) is 4.55. The van der Waals surface area contributed by atoms with Gasteiger partial charge in [-0.2, -0.15) is 5.26 Å². The fourth-order valence-electron chi connectivity index (χ4n) is 4.15. The normalized spacial score (nSPS) is 13.1. The molecule has 198 valence electrons. The minimum atomic E-state index is -4.80. The lowest BCUT2D eigenvalue weighted by Gasteiger charge is -2.25. The fraction of sp³-hybridized carbons (Fsp3) is 0.286. The molecule has 3 aromatic carbocycles. The number of amides is 1. The van der Waals surface area contributed by atoms with Gasteiger partial charge in [-0.15, -0.1) is 13.2 Å². The molecule has 0 bridgehead atoms. The van der Waals surface area contributed by atoms with Crippen molar-refractivity contribution in [3.05, 3.63) is 93.0 Å². The number of carbonyl (C=O) groups excluding carboxylic acids is 1. The van der Waals surface area contributed by atoms with E-state index in [-0.39, 0.29) is 47.4 Å². The topological polar surface area (TPSA) is 65.4 Å². The summed E-state index contributed by atoms with van der Waals surface area (Å²) in [4.78, 5) is 15.4. The molecule has 1 aliphatic carbocycles. The molecule has 0 atom stereocenters. The molecule has 1 amide bonds. The standard InChI is InChI=1S/C28H24Cl2F3N3O2/c29-23-10-11-24(35-14-13-34)25(26(23)30)27(37)36(17-19-4-6-20(7-5-19)21-8-9-21)15-12-18-2-1-3-22(16-18)38-28(31,32)33/h1-7,10-11,16,21,35H,8-9,12,14-15,17H2. The van der Waals surface area contributed by atoms with Crippen LogP contribution in [0.15, 0.2) is 60.7 Å². The predicted molar refractivity (Wildman–Crippen MR) is 141 cm³/mol. The number of carbonyl (C=O) groups is 1. The first kappa shape index (κ1) is 27.6. The quantitative estimate of drug-likeness (QED) is 0.259. The van der Waals surface area contributed by atoms with Crippen molar-refractivity contribution < 1.29 is 22.7 Å². The van der Waals surface area contributed by atoms with Gasteiger partial charge in [0.25, 0.3) is 5.91 Å². The van der Waals surface area contributed by atoms with Gasteiger partial charge in [0.2, 0.25) is 0 Å². The van der Waals surface area contributed by atoms with Crippen LogP contribution in [0.4, 0.5) is 18.9 Å². The summed E-state index contributed by atoms with van der Waals surface area (Å²) < 4.78 is 42.1. The van der Waals surface area contributed by atoms with Gasteiger partial charge < -0.3 is 15.0 Å². The Balaban J connectivity index is 1.61. The molecule has 3 aromatic rings. The summed E-state index contributed by atoms with van der Waals surface area (Å²) in [5.41, 5.74) is 3.20. The van der Waals surface area contributed by atoms with Gasteiger partial charge in [0.15, 0.2) is 0 Å². The molecule has 0 radical (unpaired) electrons. The number of nitrogens with zero attached hydrogens (tertiary/aromatic N) is 2. The second kappa shape index (κ2) is 12.0. The van der Waals surface area contributed by atoms with Crippen LogP contribution < -0.4 is 10.1 Å². The molecule has 5 nitrogen and oxygen atoms in total. The van der Waals surface area contributed by atoms with Crippen LogP contribution in [0.25, 0.3) is 0 Å². The van der Waals surface area contributed by atoms with Crippen molar-refractivity contribution in [1.82, 2.24) is 4.90 Å². The average Bonchev–Trinajstić information content (AvgIpc) is 3.72. The summed E-state index contributed by atoms with van der Waals surface area (Å²) in [7, 11) is 0. The van der Waals surface area contributed by atoms with Gasteiger partial charge in [-0.25, -0.2) is 0 Å². The molecule has 38 heavy (non-hydrogen) atoms. The SMILES string of the molecule is N#CCNc1ccc(Cl)c(Cl)c1C(=O)N(CCc1cccc(OC(F)(F)F)c1)Cc1ccc(C2CC2)cc1. The van der Waals surface area contributed by atoms with Gasteiger partial charge in [-0.1, -0.05) is 59.6 Å². The Morgan fingerprint density at radius 1 is 1.08 bits per heavy atom. The number of ether oxygens (including phenoxy) is 1. The third kappa shape index (κ3) is 7.33. The molecular weight excluding hydrogens is 538 g/mol. The highest BCUT2D eigenvalue weighted by Gasteiger charge is 2.31. The maximum atomic E-state index is 13.9. The van der Waals surface area contributed by atoms with Crippen LogP contribution in [-0.2, 0) is 13.0 Å². The summed E-state index contributed by atoms with van der Waals surface area (Å²) in [6.07, 6.45) is -2.19. The first-order chi connectivity index (χ1) is 18.1. The molecule has 10 heteroatoms. The Labute approximate surface area is 228 Å². The minimum absolute atomic E-state index is 0.0487. The number of hydrogen-bond acceptors (Lipinski definition) is 4. The molecule has 1 aliphatic rings. The zero-order valence-electron chi connectivity index (χ0n) is 20.2. The van der Waals surface area contributed by atoms with Crippen LogP contribution in [0.1, 0.15) is 45.8 Å². The van der Waals surface area contributed by atoms with E-state index in [0.29, 0.717) is 17.2 Å². The molecule has 0 saturated heterocycles. The molecular formula is C28H24Cl2F3N3O2. The summed E-state index contributed by atoms with van der Waals surface area (Å²) in [6.45, 7) is 0.370. The van der Waals surface area contributed by atoms with Crippen molar-refractivity contribution in [2.45, 2.75) is 38.1 Å². The van der Waals surface area contributed by atoms with Crippen molar-refractivity contribution in [2.24, 2.45) is 0 Å². The molecule has 0 spiro atoms. The summed E-state index contributed by atoms with van der Waals surface area (Å²) in [6, 6.07) is 18.8. The Hall–Kier alpha value is -3.41. The van der Waals surface area contributed by atoms with Crippen molar-refractivity contribution >= 4 is 34.8 Å². The highest BCUT2D eigenvalue weighted by atomic mass is 35.5. The first-order valence-corrected chi connectivity index (χ1v) is 12.7. The Morgan fingerprint density at radius 3 is 2.47 bits per heavy atom. The summed E-state index contributed by atoms with van der Waals surface area (Å²) in [5.74, 6) is -0.164. The van der Waals surface area contributed by atoms with Crippen molar-refractivity contribution in [3.63, 3.8) is 0 Å². The van der Waals surface area contributed by atoms with Crippen LogP contribution in [0.5, 0.6) is 5.75 Å². The van der Waals surface area contributed by atoms with E-state index in [1.165, 1.54) is 42.7 Å². The van der Waals surface area contributed by atoms with Crippen molar-refractivity contribution in [2.75, 3.05) is 18.4 Å². The van der Waals surface area contributed by atoms with Gasteiger partial charge >= 0.3 is 6.36 Å². The highest BCUT2D eigenvalue weighted by molar-refractivity contribution is 6.44. The van der Waals surface area contributed by atoms with Crippen LogP contribution >= 0.6 is 23.2 Å². The number of nitrogens with one attached hydrogen (secondary N) is 1. The smallest absolute Gasteiger partial charge is 0.406 e. The average molecular weight is 562 g/mol. The number of alkyl halides is 3. The molecule has 1 N–H and O–H groups in total. The molecule has 1 fully saturated rings. The third-order valence-corrected chi connectivity index (χ3v) is 6.96. The predicted octanol–water partition coefficient (Wildman–Crippen LogP) is 7.59. The maximum Gasteiger partial charge on any atom is 0.573 e. The second-order valence-corrected chi connectivity index (χ2v) is 9.77. The van der Waals surface area contributed by atoms with Gasteiger partial charge in [-0.3, -0.25) is 4.79 Å². The largest absolute Gasteiger partial charge is 0.573 e. The number of nitriles is 1. The highest BCUT2D eigenvalue weighted by Crippen LogP contribution is 2.40. The van der Waals surface area contributed by atoms with E-state index in [2.05, 4.69) is 22.2 Å². The third-order valence-electron chi connectivity index (χ3n) is 6.16. The second-order valence-electron chi connectivity index (χ2n) is 8.98. The minimum Gasteiger partial charge on any atom is -0.406 e. The molecule has 4 rings (SSSR count). The van der Waals surface area contributed by atoms with Gasteiger partial charge in [0.05, 0.1) is 21.7 Å². The Kier molecular flexibility index (Phi) is 8.70. The molecule has 1 saturated carbocycles. The van der Waals surface area contributed by atoms with Crippen molar-refractivity contribution in [3.8, 4) is 11.8 Å². The molecule has 0 heterocycles. The number of halogens is 5. The van der Waals surface area contributed by atoms with E-state index in [1.54, 1.807) is 17.0 Å². The molecule has 0 aromatic heterocycles. The summed E-state index contributed by atoms with van der Waals surface area (Å²) >= 11 is 12.7. The lowest BCUT2D eigenvalue weighted by atomic mass is 10.1. The van der Waals surface area contributed by atoms with Gasteiger partial charge in [0, 0.05) is 18.8 Å². The first-order valence-electron chi connectivity index (χ1n) is 12.0. The van der Waals surface area contributed by atoms with Gasteiger partial charge in [0.1, 0.15) is 12.3 Å². The van der Waals surface area contributed by atoms with E-state index in [1.807, 2.05) is 18.2 Å². The maximum absolute atomic E-state index is 13.9. The monoisotopic (exact) mass is 561 g/mol. The lowest BCUT2D eigenvalue weighted by molar-refractivity contribution is -0.274. The number of anilines is 1. The van der Waals surface area contributed by atoms with Gasteiger partial charge in [-0.05, 0) is 66.1 Å². The van der Waals surface area contributed by atoms with E-state index in [4.69, 9.17) is 28.5 Å². The molecule has 0 aliphatic heterocycles. The van der Waals surface area contributed by atoms with Crippen LogP contribution in [0.3, 0.4) is 0 Å². The Morgan fingerprint density at radius 2 is 1.82 bits per heavy atom. The number of benzene rings is 3. The summed E-state index contributed by atoms with van der Waals surface area (Å²) in [5, 5.41) is 12.1. The number of rotatable bonds is 10. The zero-order chi connectivity index (χ0) is 27.3. The van der Waals surface area contributed by atoms with Crippen LogP contribution in [0, 0.1) is 11.3 Å². The molecule has 0 unspecified atom stereocenters.